The summed E-state index contributed by atoms with van der Waals surface area (Å²) >= 11 is 6.11. The molecule has 1 N–H and O–H groups in total. The first kappa shape index (κ1) is 15.1. The minimum absolute atomic E-state index is 0.236. The first-order valence-electron chi connectivity index (χ1n) is 5.68. The molecule has 5 heteroatoms. The highest BCUT2D eigenvalue weighted by Gasteiger charge is 2.13. The van der Waals surface area contributed by atoms with Crippen LogP contribution in [-0.2, 0) is 11.4 Å². The Hall–Kier alpha value is -0.970. The highest BCUT2D eigenvalue weighted by Crippen LogP contribution is 2.35. The normalized spacial score (nSPS) is 11.4. The van der Waals surface area contributed by atoms with E-state index in [1.165, 1.54) is 0 Å². The Balaban J connectivity index is 2.76. The van der Waals surface area contributed by atoms with E-state index in [4.69, 9.17) is 25.9 Å². The van der Waals surface area contributed by atoms with Crippen molar-refractivity contribution in [2.45, 2.75) is 32.9 Å². The lowest BCUT2D eigenvalue weighted by Crippen LogP contribution is -2.28. The molecule has 0 atom stereocenters. The predicted molar refractivity (Wildman–Crippen MR) is 72.2 cm³/mol. The van der Waals surface area contributed by atoms with Gasteiger partial charge in [0, 0.05) is 6.54 Å². The van der Waals surface area contributed by atoms with Crippen molar-refractivity contribution in [3.63, 3.8) is 0 Å². The zero-order valence-corrected chi connectivity index (χ0v) is 12.2. The quantitative estimate of drug-likeness (QED) is 0.837. The SMILES string of the molecule is COc1cc(CNOC(C)(C)C)cc(Cl)c1OC. The zero-order chi connectivity index (χ0) is 13.8. The van der Waals surface area contributed by atoms with E-state index in [9.17, 15) is 0 Å². The summed E-state index contributed by atoms with van der Waals surface area (Å²) in [6.45, 7) is 6.46. The van der Waals surface area contributed by atoms with E-state index in [-0.39, 0.29) is 5.60 Å². The molecule has 0 aliphatic rings. The lowest BCUT2D eigenvalue weighted by molar-refractivity contribution is -0.0757. The molecule has 0 heterocycles. The molecule has 0 bridgehead atoms. The van der Waals surface area contributed by atoms with Crippen molar-refractivity contribution in [3.8, 4) is 11.5 Å². The fourth-order valence-electron chi connectivity index (χ4n) is 1.41. The Labute approximate surface area is 113 Å². The predicted octanol–water partition coefficient (Wildman–Crippen LogP) is 3.18. The summed E-state index contributed by atoms with van der Waals surface area (Å²) in [6.07, 6.45) is 0. The van der Waals surface area contributed by atoms with E-state index < -0.39 is 0 Å². The Kier molecular flexibility index (Phi) is 5.26. The van der Waals surface area contributed by atoms with Crippen LogP contribution in [-0.4, -0.2) is 19.8 Å². The highest BCUT2D eigenvalue weighted by atomic mass is 35.5. The van der Waals surface area contributed by atoms with Gasteiger partial charge in [0.25, 0.3) is 0 Å². The van der Waals surface area contributed by atoms with Gasteiger partial charge in [-0.3, -0.25) is 4.84 Å². The highest BCUT2D eigenvalue weighted by molar-refractivity contribution is 6.32. The van der Waals surface area contributed by atoms with Crippen LogP contribution in [0, 0.1) is 0 Å². The molecule has 0 aliphatic heterocycles. The fourth-order valence-corrected chi connectivity index (χ4v) is 1.72. The number of hydrogen-bond donors (Lipinski definition) is 1. The van der Waals surface area contributed by atoms with Gasteiger partial charge in [-0.15, -0.1) is 0 Å². The van der Waals surface area contributed by atoms with E-state index in [0.29, 0.717) is 23.1 Å². The summed E-state index contributed by atoms with van der Waals surface area (Å²) in [5, 5.41) is 0.518. The lowest BCUT2D eigenvalue weighted by Gasteiger charge is -2.19. The van der Waals surface area contributed by atoms with Gasteiger partial charge in [0.1, 0.15) is 0 Å². The van der Waals surface area contributed by atoms with Gasteiger partial charge in [0.05, 0.1) is 24.8 Å². The van der Waals surface area contributed by atoms with E-state index >= 15 is 0 Å². The molecule has 102 valence electrons. The number of rotatable bonds is 5. The molecule has 0 radical (unpaired) electrons. The number of halogens is 1. The number of nitrogens with one attached hydrogen (secondary N) is 1. The van der Waals surface area contributed by atoms with Gasteiger partial charge in [-0.25, -0.2) is 0 Å². The Morgan fingerprint density at radius 3 is 2.33 bits per heavy atom. The maximum Gasteiger partial charge on any atom is 0.179 e. The minimum atomic E-state index is -0.236. The number of ether oxygens (including phenoxy) is 2. The molecule has 4 nitrogen and oxygen atoms in total. The standard InChI is InChI=1S/C13H20ClNO3/c1-13(2,3)18-15-8-9-6-10(14)12(17-5)11(7-9)16-4/h6-7,15H,8H2,1-5H3. The van der Waals surface area contributed by atoms with Crippen LogP contribution in [0.25, 0.3) is 0 Å². The fraction of sp³-hybridized carbons (Fsp3) is 0.538. The van der Waals surface area contributed by atoms with Gasteiger partial charge in [-0.1, -0.05) is 11.6 Å². The van der Waals surface area contributed by atoms with Crippen LogP contribution in [0.1, 0.15) is 26.3 Å². The van der Waals surface area contributed by atoms with Crippen LogP contribution in [0.15, 0.2) is 12.1 Å². The van der Waals surface area contributed by atoms with E-state index in [1.54, 1.807) is 14.2 Å². The molecule has 0 spiro atoms. The molecule has 0 aromatic heterocycles. The molecule has 0 saturated carbocycles. The summed E-state index contributed by atoms with van der Waals surface area (Å²) in [6, 6.07) is 3.69. The molecule has 1 aromatic rings. The largest absolute Gasteiger partial charge is 0.493 e. The average molecular weight is 274 g/mol. The van der Waals surface area contributed by atoms with Gasteiger partial charge >= 0.3 is 0 Å². The molecule has 18 heavy (non-hydrogen) atoms. The van der Waals surface area contributed by atoms with Crippen LogP contribution in [0.5, 0.6) is 11.5 Å². The maximum absolute atomic E-state index is 6.11. The second-order valence-corrected chi connectivity index (χ2v) is 5.26. The van der Waals surface area contributed by atoms with Crippen LogP contribution in [0.2, 0.25) is 5.02 Å². The summed E-state index contributed by atoms with van der Waals surface area (Å²) in [5.41, 5.74) is 3.63. The minimum Gasteiger partial charge on any atom is -0.493 e. The molecule has 0 saturated heterocycles. The van der Waals surface area contributed by atoms with Crippen LogP contribution in [0.4, 0.5) is 0 Å². The second kappa shape index (κ2) is 6.27. The third-order valence-electron chi connectivity index (χ3n) is 2.15. The third-order valence-corrected chi connectivity index (χ3v) is 2.43. The van der Waals surface area contributed by atoms with Crippen molar-refractivity contribution in [2.75, 3.05) is 14.2 Å². The van der Waals surface area contributed by atoms with Crippen molar-refractivity contribution in [1.82, 2.24) is 5.48 Å². The zero-order valence-electron chi connectivity index (χ0n) is 11.5. The summed E-state index contributed by atoms with van der Waals surface area (Å²) < 4.78 is 10.4. The molecule has 0 aliphatic carbocycles. The first-order chi connectivity index (χ1) is 8.37. The van der Waals surface area contributed by atoms with Crippen molar-refractivity contribution in [1.29, 1.82) is 0 Å². The van der Waals surface area contributed by atoms with Crippen molar-refractivity contribution < 1.29 is 14.3 Å². The van der Waals surface area contributed by atoms with Gasteiger partial charge in [0.15, 0.2) is 11.5 Å². The summed E-state index contributed by atoms with van der Waals surface area (Å²) in [4.78, 5) is 5.44. The lowest BCUT2D eigenvalue weighted by atomic mass is 10.2. The molecule has 0 unspecified atom stereocenters. The van der Waals surface area contributed by atoms with Crippen molar-refractivity contribution in [3.05, 3.63) is 22.7 Å². The molecule has 0 amide bonds. The summed E-state index contributed by atoms with van der Waals surface area (Å²) in [5.74, 6) is 1.15. The molecule has 0 fully saturated rings. The second-order valence-electron chi connectivity index (χ2n) is 4.85. The van der Waals surface area contributed by atoms with E-state index in [1.807, 2.05) is 32.9 Å². The maximum atomic E-state index is 6.11. The number of hydroxylamine groups is 1. The van der Waals surface area contributed by atoms with Crippen LogP contribution in [0.3, 0.4) is 0 Å². The van der Waals surface area contributed by atoms with Gasteiger partial charge in [-0.05, 0) is 38.5 Å². The average Bonchev–Trinajstić information content (AvgIpc) is 2.26. The van der Waals surface area contributed by atoms with Gasteiger partial charge in [0.2, 0.25) is 0 Å². The molecule has 1 rings (SSSR count). The summed E-state index contributed by atoms with van der Waals surface area (Å²) in [7, 11) is 3.14. The van der Waals surface area contributed by atoms with Gasteiger partial charge in [-0.2, -0.15) is 5.48 Å². The Morgan fingerprint density at radius 2 is 1.83 bits per heavy atom. The molecular weight excluding hydrogens is 254 g/mol. The smallest absolute Gasteiger partial charge is 0.179 e. The Bertz CT molecular complexity index is 402. The Morgan fingerprint density at radius 1 is 1.17 bits per heavy atom. The number of benzene rings is 1. The number of hydrogen-bond acceptors (Lipinski definition) is 4. The van der Waals surface area contributed by atoms with Crippen LogP contribution >= 0.6 is 11.6 Å². The van der Waals surface area contributed by atoms with Gasteiger partial charge < -0.3 is 9.47 Å². The molecular formula is C13H20ClNO3. The van der Waals surface area contributed by atoms with Crippen LogP contribution < -0.4 is 15.0 Å². The third kappa shape index (κ3) is 4.37. The topological polar surface area (TPSA) is 39.7 Å². The van der Waals surface area contributed by atoms with Crippen molar-refractivity contribution >= 4 is 11.6 Å². The number of methoxy groups -OCH3 is 2. The van der Waals surface area contributed by atoms with E-state index in [0.717, 1.165) is 5.56 Å². The first-order valence-corrected chi connectivity index (χ1v) is 6.06. The molecule has 1 aromatic carbocycles. The monoisotopic (exact) mass is 273 g/mol. The van der Waals surface area contributed by atoms with Crippen molar-refractivity contribution in [2.24, 2.45) is 0 Å². The van der Waals surface area contributed by atoms with E-state index in [2.05, 4.69) is 5.48 Å².